The van der Waals surface area contributed by atoms with Gasteiger partial charge in [0, 0.05) is 29.1 Å². The van der Waals surface area contributed by atoms with Gasteiger partial charge < -0.3 is 25.3 Å². The van der Waals surface area contributed by atoms with Crippen molar-refractivity contribution in [1.82, 2.24) is 19.6 Å². The number of nitrogen functional groups attached to an aromatic ring is 1. The lowest BCUT2D eigenvalue weighted by Crippen LogP contribution is -2.04. The number of nitrogens with two attached hydrogens (primary N) is 1. The Hall–Kier alpha value is -4.01. The van der Waals surface area contributed by atoms with Crippen LogP contribution in [0.15, 0.2) is 42.6 Å². The van der Waals surface area contributed by atoms with Gasteiger partial charge in [-0.2, -0.15) is 0 Å². The maximum absolute atomic E-state index is 5.94. The first kappa shape index (κ1) is 19.3. The van der Waals surface area contributed by atoms with E-state index in [2.05, 4.69) is 20.4 Å². The Balaban J connectivity index is 1.77. The number of fused-ring (bicyclic) bond motifs is 1. The molecular formula is C21H22N6O3. The molecular weight excluding hydrogens is 384 g/mol. The van der Waals surface area contributed by atoms with Crippen LogP contribution >= 0.6 is 0 Å². The van der Waals surface area contributed by atoms with Crippen LogP contribution in [-0.4, -0.2) is 40.9 Å². The fourth-order valence-corrected chi connectivity index (χ4v) is 3.23. The van der Waals surface area contributed by atoms with Gasteiger partial charge in [0.2, 0.25) is 11.7 Å². The summed E-state index contributed by atoms with van der Waals surface area (Å²) in [5.41, 5.74) is 9.79. The highest BCUT2D eigenvalue weighted by molar-refractivity contribution is 5.68. The molecule has 0 atom stereocenters. The Labute approximate surface area is 173 Å². The lowest BCUT2D eigenvalue weighted by atomic mass is 10.2. The van der Waals surface area contributed by atoms with Crippen LogP contribution in [0.3, 0.4) is 0 Å². The standard InChI is InChI=1S/C21H22N6O3/c1-12-16-11-23-21(25-15-9-17(28-2)19(30-4)18(10-15)29-3)26-27(16)20(24-12)13-6-5-7-14(22)8-13/h5-11H,22H2,1-4H3,(H,25,26). The first-order valence-electron chi connectivity index (χ1n) is 9.19. The molecule has 0 saturated carbocycles. The number of anilines is 3. The van der Waals surface area contributed by atoms with Crippen LogP contribution in [0.25, 0.3) is 16.9 Å². The third-order valence-electron chi connectivity index (χ3n) is 4.64. The Morgan fingerprint density at radius 2 is 1.73 bits per heavy atom. The number of benzene rings is 2. The van der Waals surface area contributed by atoms with E-state index < -0.39 is 0 Å². The van der Waals surface area contributed by atoms with Gasteiger partial charge in [0.1, 0.15) is 5.52 Å². The molecule has 2 aromatic heterocycles. The van der Waals surface area contributed by atoms with Crippen molar-refractivity contribution < 1.29 is 14.2 Å². The van der Waals surface area contributed by atoms with Crippen LogP contribution < -0.4 is 25.3 Å². The summed E-state index contributed by atoms with van der Waals surface area (Å²) in [4.78, 5) is 9.07. The Morgan fingerprint density at radius 1 is 1.00 bits per heavy atom. The number of methoxy groups -OCH3 is 3. The number of nitrogens with zero attached hydrogens (tertiary/aromatic N) is 4. The monoisotopic (exact) mass is 406 g/mol. The Morgan fingerprint density at radius 3 is 2.37 bits per heavy atom. The van der Waals surface area contributed by atoms with Gasteiger partial charge in [-0.1, -0.05) is 12.1 Å². The fourth-order valence-electron chi connectivity index (χ4n) is 3.23. The highest BCUT2D eigenvalue weighted by Crippen LogP contribution is 2.40. The second-order valence-electron chi connectivity index (χ2n) is 6.56. The summed E-state index contributed by atoms with van der Waals surface area (Å²) in [5, 5.41) is 7.81. The maximum atomic E-state index is 5.94. The average molecular weight is 406 g/mol. The zero-order valence-electron chi connectivity index (χ0n) is 17.1. The van der Waals surface area contributed by atoms with E-state index in [-0.39, 0.29) is 0 Å². The third-order valence-corrected chi connectivity index (χ3v) is 4.64. The fraction of sp³-hybridized carbons (Fsp3) is 0.190. The van der Waals surface area contributed by atoms with Gasteiger partial charge in [-0.05, 0) is 19.1 Å². The van der Waals surface area contributed by atoms with E-state index in [0.717, 1.165) is 16.8 Å². The van der Waals surface area contributed by atoms with E-state index in [9.17, 15) is 0 Å². The summed E-state index contributed by atoms with van der Waals surface area (Å²) in [7, 11) is 4.69. The minimum atomic E-state index is 0.388. The van der Waals surface area contributed by atoms with Gasteiger partial charge in [0.25, 0.3) is 0 Å². The van der Waals surface area contributed by atoms with Gasteiger partial charge >= 0.3 is 0 Å². The molecule has 0 aliphatic carbocycles. The largest absolute Gasteiger partial charge is 0.493 e. The normalized spacial score (nSPS) is 10.8. The molecule has 9 nitrogen and oxygen atoms in total. The van der Waals surface area contributed by atoms with Gasteiger partial charge in [-0.3, -0.25) is 0 Å². The summed E-state index contributed by atoms with van der Waals surface area (Å²) in [6.45, 7) is 1.92. The number of hydrogen-bond donors (Lipinski definition) is 2. The van der Waals surface area contributed by atoms with E-state index >= 15 is 0 Å². The van der Waals surface area contributed by atoms with Gasteiger partial charge in [0.15, 0.2) is 17.3 Å². The molecule has 0 saturated heterocycles. The average Bonchev–Trinajstić information content (AvgIpc) is 3.09. The van der Waals surface area contributed by atoms with Crippen LogP contribution in [0.2, 0.25) is 0 Å². The summed E-state index contributed by atoms with van der Waals surface area (Å²) < 4.78 is 17.9. The molecule has 4 aromatic rings. The molecule has 9 heteroatoms. The van der Waals surface area contributed by atoms with Crippen molar-refractivity contribution >= 4 is 22.8 Å². The van der Waals surface area contributed by atoms with Gasteiger partial charge in [0.05, 0.1) is 33.2 Å². The molecule has 0 amide bonds. The summed E-state index contributed by atoms with van der Waals surface area (Å²) in [6.07, 6.45) is 1.73. The van der Waals surface area contributed by atoms with Crippen LogP contribution in [0.4, 0.5) is 17.3 Å². The highest BCUT2D eigenvalue weighted by Gasteiger charge is 2.16. The summed E-state index contributed by atoms with van der Waals surface area (Å²) in [6, 6.07) is 11.1. The maximum Gasteiger partial charge on any atom is 0.245 e. The van der Waals surface area contributed by atoms with Crippen molar-refractivity contribution in [2.24, 2.45) is 0 Å². The number of rotatable bonds is 6. The highest BCUT2D eigenvalue weighted by atomic mass is 16.5. The molecule has 30 heavy (non-hydrogen) atoms. The molecule has 2 heterocycles. The quantitative estimate of drug-likeness (QED) is 0.469. The smallest absolute Gasteiger partial charge is 0.245 e. The molecule has 0 spiro atoms. The zero-order valence-corrected chi connectivity index (χ0v) is 17.1. The predicted octanol–water partition coefficient (Wildman–Crippen LogP) is 3.45. The van der Waals surface area contributed by atoms with Crippen LogP contribution in [-0.2, 0) is 0 Å². The first-order valence-corrected chi connectivity index (χ1v) is 9.19. The number of ether oxygens (including phenoxy) is 3. The van der Waals surface area contributed by atoms with Crippen LogP contribution in [0.5, 0.6) is 17.2 Å². The SMILES string of the molecule is COc1cc(Nc2ncc3c(C)nc(-c4cccc(N)c4)n3n2)cc(OC)c1OC. The molecule has 0 bridgehead atoms. The number of nitrogens with one attached hydrogen (secondary N) is 1. The molecule has 154 valence electrons. The molecule has 3 N–H and O–H groups in total. The van der Waals surface area contributed by atoms with E-state index in [4.69, 9.17) is 19.9 Å². The second-order valence-corrected chi connectivity index (χ2v) is 6.56. The van der Waals surface area contributed by atoms with E-state index in [1.807, 2.05) is 31.2 Å². The van der Waals surface area contributed by atoms with E-state index in [1.165, 1.54) is 0 Å². The Bertz CT molecular complexity index is 1200. The molecule has 0 aliphatic rings. The minimum absolute atomic E-state index is 0.388. The summed E-state index contributed by atoms with van der Waals surface area (Å²) in [5.74, 6) is 2.64. The lowest BCUT2D eigenvalue weighted by Gasteiger charge is -2.14. The number of aromatic nitrogens is 4. The van der Waals surface area contributed by atoms with Gasteiger partial charge in [-0.25, -0.2) is 14.5 Å². The molecule has 4 rings (SSSR count). The number of imidazole rings is 1. The minimum Gasteiger partial charge on any atom is -0.493 e. The second kappa shape index (κ2) is 7.78. The van der Waals surface area contributed by atoms with Crippen LogP contribution in [0.1, 0.15) is 5.69 Å². The summed E-state index contributed by atoms with van der Waals surface area (Å²) >= 11 is 0. The van der Waals surface area contributed by atoms with Gasteiger partial charge in [-0.15, -0.1) is 5.10 Å². The molecule has 0 radical (unpaired) electrons. The first-order chi connectivity index (χ1) is 14.5. The predicted molar refractivity (Wildman–Crippen MR) is 115 cm³/mol. The number of hydrogen-bond acceptors (Lipinski definition) is 8. The zero-order chi connectivity index (χ0) is 21.3. The van der Waals surface area contributed by atoms with Crippen molar-refractivity contribution in [2.45, 2.75) is 6.92 Å². The molecule has 0 aliphatic heterocycles. The van der Waals surface area contributed by atoms with Crippen molar-refractivity contribution in [3.05, 3.63) is 48.3 Å². The Kier molecular flexibility index (Phi) is 5.01. The molecule has 0 fully saturated rings. The lowest BCUT2D eigenvalue weighted by molar-refractivity contribution is 0.324. The molecule has 0 unspecified atom stereocenters. The molecule has 2 aromatic carbocycles. The van der Waals surface area contributed by atoms with Crippen molar-refractivity contribution in [3.63, 3.8) is 0 Å². The van der Waals surface area contributed by atoms with Crippen molar-refractivity contribution in [3.8, 4) is 28.6 Å². The van der Waals surface area contributed by atoms with Crippen molar-refractivity contribution in [1.29, 1.82) is 0 Å². The van der Waals surface area contributed by atoms with Crippen LogP contribution in [0, 0.1) is 6.92 Å². The topological polar surface area (TPSA) is 109 Å². The third kappa shape index (κ3) is 3.41. The van der Waals surface area contributed by atoms with E-state index in [0.29, 0.717) is 40.4 Å². The number of aryl methyl sites for hydroxylation is 1. The van der Waals surface area contributed by atoms with E-state index in [1.54, 1.807) is 44.2 Å². The van der Waals surface area contributed by atoms with Crippen molar-refractivity contribution in [2.75, 3.05) is 32.4 Å².